The van der Waals surface area contributed by atoms with Gasteiger partial charge in [-0.2, -0.15) is 0 Å². The maximum absolute atomic E-state index is 3.24. The first-order chi connectivity index (χ1) is 5.47. The standard InChI is InChI=1S/C10H12N/c1-2-4-10-6-8-11-7-5-9(10)3-1/h1,4,6,8-9,11H,3,5,7H2. The fraction of sp³-hybridized carbons (Fsp3) is 0.400. The van der Waals surface area contributed by atoms with Gasteiger partial charge in [-0.1, -0.05) is 12.2 Å². The fourth-order valence-electron chi connectivity index (χ4n) is 1.58. The minimum absolute atomic E-state index is 0.738. The summed E-state index contributed by atoms with van der Waals surface area (Å²) in [7, 11) is 0. The highest BCUT2D eigenvalue weighted by molar-refractivity contribution is 5.28. The third kappa shape index (κ3) is 1.37. The van der Waals surface area contributed by atoms with E-state index in [1.54, 1.807) is 0 Å². The number of fused-ring (bicyclic) bond motifs is 1. The van der Waals surface area contributed by atoms with Crippen LogP contribution < -0.4 is 5.32 Å². The lowest BCUT2D eigenvalue weighted by atomic mass is 9.89. The second-order valence-electron chi connectivity index (χ2n) is 3.02. The van der Waals surface area contributed by atoms with Crippen molar-refractivity contribution >= 4 is 0 Å². The van der Waals surface area contributed by atoms with E-state index in [4.69, 9.17) is 0 Å². The van der Waals surface area contributed by atoms with Gasteiger partial charge in [-0.05, 0) is 42.7 Å². The van der Waals surface area contributed by atoms with Gasteiger partial charge in [0.05, 0.1) is 0 Å². The van der Waals surface area contributed by atoms with Gasteiger partial charge in [0, 0.05) is 6.54 Å². The Morgan fingerprint density at radius 1 is 1.55 bits per heavy atom. The molecule has 1 heteroatoms. The van der Waals surface area contributed by atoms with Crippen LogP contribution in [0.2, 0.25) is 0 Å². The summed E-state index contributed by atoms with van der Waals surface area (Å²) in [5.41, 5.74) is 1.43. The summed E-state index contributed by atoms with van der Waals surface area (Å²) >= 11 is 0. The molecule has 1 atom stereocenters. The van der Waals surface area contributed by atoms with E-state index in [0.717, 1.165) is 18.9 Å². The third-order valence-electron chi connectivity index (χ3n) is 2.27. The molecule has 0 saturated heterocycles. The molecule has 0 aromatic heterocycles. The van der Waals surface area contributed by atoms with E-state index in [1.807, 2.05) is 6.20 Å². The third-order valence-corrected chi connectivity index (χ3v) is 2.27. The molecule has 0 saturated carbocycles. The lowest BCUT2D eigenvalue weighted by molar-refractivity contribution is 0.570. The van der Waals surface area contributed by atoms with Crippen molar-refractivity contribution in [2.24, 2.45) is 5.92 Å². The molecule has 2 rings (SSSR count). The molecule has 0 spiro atoms. The molecule has 1 nitrogen and oxygen atoms in total. The summed E-state index contributed by atoms with van der Waals surface area (Å²) in [6.07, 6.45) is 14.0. The molecule has 57 valence electrons. The van der Waals surface area contributed by atoms with Gasteiger partial charge in [0.2, 0.25) is 0 Å². The van der Waals surface area contributed by atoms with Gasteiger partial charge < -0.3 is 5.32 Å². The Morgan fingerprint density at radius 2 is 2.55 bits per heavy atom. The van der Waals surface area contributed by atoms with Crippen LogP contribution in [-0.4, -0.2) is 6.54 Å². The monoisotopic (exact) mass is 146 g/mol. The molecule has 2 aliphatic rings. The Labute approximate surface area is 67.5 Å². The highest BCUT2D eigenvalue weighted by atomic mass is 14.8. The quantitative estimate of drug-likeness (QED) is 0.549. The zero-order valence-corrected chi connectivity index (χ0v) is 6.51. The number of allylic oxidation sites excluding steroid dienone is 5. The van der Waals surface area contributed by atoms with E-state index in [1.165, 1.54) is 12.0 Å². The average Bonchev–Trinajstić information content (AvgIpc) is 2.28. The Kier molecular flexibility index (Phi) is 1.80. The first-order valence-corrected chi connectivity index (χ1v) is 4.14. The predicted molar refractivity (Wildman–Crippen MR) is 45.8 cm³/mol. The van der Waals surface area contributed by atoms with Crippen molar-refractivity contribution in [1.29, 1.82) is 0 Å². The Hall–Kier alpha value is -0.980. The molecule has 1 aliphatic heterocycles. The summed E-state index contributed by atoms with van der Waals surface area (Å²) in [6.45, 7) is 1.10. The van der Waals surface area contributed by atoms with Crippen LogP contribution in [0.25, 0.3) is 0 Å². The van der Waals surface area contributed by atoms with Crippen molar-refractivity contribution in [3.8, 4) is 0 Å². The number of hydrogen-bond donors (Lipinski definition) is 1. The minimum atomic E-state index is 0.738. The molecule has 1 unspecified atom stereocenters. The van der Waals surface area contributed by atoms with Crippen molar-refractivity contribution in [2.75, 3.05) is 6.54 Å². The zero-order chi connectivity index (χ0) is 7.52. The average molecular weight is 146 g/mol. The van der Waals surface area contributed by atoms with Gasteiger partial charge >= 0.3 is 0 Å². The molecule has 1 aliphatic carbocycles. The van der Waals surface area contributed by atoms with Crippen molar-refractivity contribution < 1.29 is 0 Å². The Balaban J connectivity index is 2.22. The van der Waals surface area contributed by atoms with Crippen molar-refractivity contribution in [2.45, 2.75) is 12.8 Å². The van der Waals surface area contributed by atoms with E-state index in [2.05, 4.69) is 29.6 Å². The topological polar surface area (TPSA) is 12.0 Å². The van der Waals surface area contributed by atoms with Crippen LogP contribution in [0.5, 0.6) is 0 Å². The van der Waals surface area contributed by atoms with Crippen molar-refractivity contribution in [3.63, 3.8) is 0 Å². The van der Waals surface area contributed by atoms with Gasteiger partial charge in [0.25, 0.3) is 0 Å². The SMILES string of the molecule is [C]1=CCC2CCNC=CC2=C1. The maximum Gasteiger partial charge on any atom is 0.0147 e. The summed E-state index contributed by atoms with van der Waals surface area (Å²) in [5.74, 6) is 0.738. The largest absolute Gasteiger partial charge is 0.391 e. The summed E-state index contributed by atoms with van der Waals surface area (Å²) in [5, 5.41) is 3.24. The van der Waals surface area contributed by atoms with Gasteiger partial charge in [0.1, 0.15) is 0 Å². The molecule has 1 N–H and O–H groups in total. The summed E-state index contributed by atoms with van der Waals surface area (Å²) in [4.78, 5) is 0. The summed E-state index contributed by atoms with van der Waals surface area (Å²) in [6, 6.07) is 0. The smallest absolute Gasteiger partial charge is 0.0147 e. The van der Waals surface area contributed by atoms with E-state index in [-0.39, 0.29) is 0 Å². The molecule has 0 bridgehead atoms. The van der Waals surface area contributed by atoms with E-state index < -0.39 is 0 Å². The molecule has 0 aromatic rings. The fourth-order valence-corrected chi connectivity index (χ4v) is 1.58. The van der Waals surface area contributed by atoms with Crippen molar-refractivity contribution in [1.82, 2.24) is 5.32 Å². The number of hydrogen-bond acceptors (Lipinski definition) is 1. The highest BCUT2D eigenvalue weighted by Crippen LogP contribution is 2.25. The Bertz CT molecular complexity index is 223. The molecule has 11 heavy (non-hydrogen) atoms. The van der Waals surface area contributed by atoms with Crippen LogP contribution in [0.15, 0.2) is 30.0 Å². The van der Waals surface area contributed by atoms with Crippen molar-refractivity contribution in [3.05, 3.63) is 36.1 Å². The van der Waals surface area contributed by atoms with E-state index in [0.29, 0.717) is 0 Å². The zero-order valence-electron chi connectivity index (χ0n) is 6.51. The van der Waals surface area contributed by atoms with E-state index in [9.17, 15) is 0 Å². The molecule has 1 heterocycles. The first-order valence-electron chi connectivity index (χ1n) is 4.14. The van der Waals surface area contributed by atoms with Gasteiger partial charge in [-0.3, -0.25) is 0 Å². The van der Waals surface area contributed by atoms with Crippen LogP contribution in [0.4, 0.5) is 0 Å². The van der Waals surface area contributed by atoms with Gasteiger partial charge in [-0.15, -0.1) is 0 Å². The lowest BCUT2D eigenvalue weighted by Gasteiger charge is -2.15. The molecule has 1 radical (unpaired) electrons. The van der Waals surface area contributed by atoms with E-state index >= 15 is 0 Å². The number of nitrogens with one attached hydrogen (secondary N) is 1. The molecule has 0 fully saturated rings. The maximum atomic E-state index is 3.24. The first kappa shape index (κ1) is 6.71. The normalized spacial score (nSPS) is 28.4. The molecular formula is C10H12N. The van der Waals surface area contributed by atoms with Gasteiger partial charge in [0.15, 0.2) is 0 Å². The molecule has 0 amide bonds. The minimum Gasteiger partial charge on any atom is -0.391 e. The predicted octanol–water partition coefficient (Wildman–Crippen LogP) is 1.80. The van der Waals surface area contributed by atoms with Crippen LogP contribution in [0, 0.1) is 12.0 Å². The number of rotatable bonds is 0. The van der Waals surface area contributed by atoms with Crippen LogP contribution in [0.3, 0.4) is 0 Å². The Morgan fingerprint density at radius 3 is 3.55 bits per heavy atom. The summed E-state index contributed by atoms with van der Waals surface area (Å²) < 4.78 is 0. The molecule has 0 aromatic carbocycles. The lowest BCUT2D eigenvalue weighted by Crippen LogP contribution is -2.10. The van der Waals surface area contributed by atoms with Gasteiger partial charge in [-0.25, -0.2) is 0 Å². The van der Waals surface area contributed by atoms with Crippen LogP contribution in [-0.2, 0) is 0 Å². The highest BCUT2D eigenvalue weighted by Gasteiger charge is 2.13. The van der Waals surface area contributed by atoms with Crippen LogP contribution in [0.1, 0.15) is 12.8 Å². The molecular weight excluding hydrogens is 134 g/mol. The second kappa shape index (κ2) is 2.95. The second-order valence-corrected chi connectivity index (χ2v) is 3.02. The van der Waals surface area contributed by atoms with Crippen LogP contribution >= 0.6 is 0 Å².